The Kier molecular flexibility index (Phi) is 7.14. The first kappa shape index (κ1) is 22.1. The molecule has 4 rings (SSSR count). The monoisotopic (exact) mass is 418 g/mol. The number of hydrogen-bond acceptors (Lipinski definition) is 3. The molecule has 2 aliphatic heterocycles. The third kappa shape index (κ3) is 5.05. The van der Waals surface area contributed by atoms with Crippen LogP contribution in [-0.4, -0.2) is 31.1 Å². The summed E-state index contributed by atoms with van der Waals surface area (Å²) in [5.74, 6) is 1.09. The van der Waals surface area contributed by atoms with Crippen LogP contribution in [0, 0.1) is 0 Å². The molecule has 0 aromatic heterocycles. The van der Waals surface area contributed by atoms with Crippen LogP contribution in [0.15, 0.2) is 65.9 Å². The lowest BCUT2D eigenvalue weighted by Gasteiger charge is -2.46. The summed E-state index contributed by atoms with van der Waals surface area (Å²) in [5, 5.41) is 3.88. The molecule has 2 heterocycles. The highest BCUT2D eigenvalue weighted by molar-refractivity contribution is 5.37. The minimum atomic E-state index is 0.142. The van der Waals surface area contributed by atoms with Crippen molar-refractivity contribution in [3.63, 3.8) is 0 Å². The Morgan fingerprint density at radius 3 is 2.48 bits per heavy atom. The molecule has 0 amide bonds. The van der Waals surface area contributed by atoms with Crippen molar-refractivity contribution in [1.82, 2.24) is 10.2 Å². The first-order valence-corrected chi connectivity index (χ1v) is 12.0. The highest BCUT2D eigenvalue weighted by Gasteiger charge is 2.38. The quantitative estimate of drug-likeness (QED) is 0.560. The van der Waals surface area contributed by atoms with E-state index in [-0.39, 0.29) is 11.6 Å². The van der Waals surface area contributed by atoms with Crippen LogP contribution in [0.3, 0.4) is 0 Å². The van der Waals surface area contributed by atoms with Crippen molar-refractivity contribution >= 4 is 0 Å². The van der Waals surface area contributed by atoms with Crippen molar-refractivity contribution in [3.8, 4) is 0 Å². The van der Waals surface area contributed by atoms with Crippen LogP contribution in [0.5, 0.6) is 0 Å². The molecule has 0 saturated carbocycles. The van der Waals surface area contributed by atoms with Gasteiger partial charge in [-0.05, 0) is 68.2 Å². The summed E-state index contributed by atoms with van der Waals surface area (Å²) in [6.07, 6.45) is 5.77. The van der Waals surface area contributed by atoms with Gasteiger partial charge in [-0.2, -0.15) is 0 Å². The normalized spacial score (nSPS) is 20.1. The second-order valence-electron chi connectivity index (χ2n) is 9.27. The van der Waals surface area contributed by atoms with E-state index < -0.39 is 0 Å². The topological polar surface area (TPSA) is 24.5 Å². The molecule has 1 N–H and O–H groups in total. The average Bonchev–Trinajstić information content (AvgIpc) is 2.82. The molecule has 1 spiro atoms. The number of ether oxygens (including phenoxy) is 1. The Hall–Kier alpha value is -2.10. The number of benzene rings is 2. The molecule has 2 aromatic rings. The van der Waals surface area contributed by atoms with E-state index in [0.717, 1.165) is 51.2 Å². The lowest BCUT2D eigenvalue weighted by molar-refractivity contribution is 0.109. The highest BCUT2D eigenvalue weighted by atomic mass is 16.5. The van der Waals surface area contributed by atoms with E-state index in [1.54, 1.807) is 11.1 Å². The zero-order valence-electron chi connectivity index (χ0n) is 19.5. The molecule has 0 bridgehead atoms. The molecular weight excluding hydrogens is 380 g/mol. The molecular formula is C28H38N2O. The van der Waals surface area contributed by atoms with Crippen LogP contribution in [0.4, 0.5) is 0 Å². The largest absolute Gasteiger partial charge is 0.490 e. The number of nitrogens with zero attached hydrogens (tertiary/aromatic N) is 1. The summed E-state index contributed by atoms with van der Waals surface area (Å²) in [7, 11) is 0. The summed E-state index contributed by atoms with van der Waals surface area (Å²) in [6, 6.07) is 19.6. The van der Waals surface area contributed by atoms with Crippen LogP contribution >= 0.6 is 0 Å². The predicted molar refractivity (Wildman–Crippen MR) is 129 cm³/mol. The number of rotatable bonds is 7. The lowest BCUT2D eigenvalue weighted by Crippen LogP contribution is -2.54. The van der Waals surface area contributed by atoms with E-state index in [9.17, 15) is 0 Å². The molecule has 31 heavy (non-hydrogen) atoms. The molecule has 2 aromatic carbocycles. The van der Waals surface area contributed by atoms with E-state index in [1.165, 1.54) is 24.0 Å². The van der Waals surface area contributed by atoms with E-state index >= 15 is 0 Å². The van der Waals surface area contributed by atoms with Gasteiger partial charge in [0.25, 0.3) is 0 Å². The second-order valence-corrected chi connectivity index (χ2v) is 9.27. The van der Waals surface area contributed by atoms with Crippen LogP contribution in [0.25, 0.3) is 0 Å². The van der Waals surface area contributed by atoms with E-state index in [4.69, 9.17) is 4.74 Å². The van der Waals surface area contributed by atoms with Crippen molar-refractivity contribution in [3.05, 3.63) is 82.6 Å². The van der Waals surface area contributed by atoms with E-state index in [2.05, 4.69) is 85.6 Å². The summed E-state index contributed by atoms with van der Waals surface area (Å²) in [4.78, 5) is 2.63. The van der Waals surface area contributed by atoms with Gasteiger partial charge in [-0.3, -0.25) is 0 Å². The van der Waals surface area contributed by atoms with Crippen LogP contribution < -0.4 is 5.32 Å². The van der Waals surface area contributed by atoms with Crippen molar-refractivity contribution in [2.75, 3.05) is 26.2 Å². The summed E-state index contributed by atoms with van der Waals surface area (Å²) in [5.41, 5.74) is 5.92. The van der Waals surface area contributed by atoms with Gasteiger partial charge in [0, 0.05) is 31.7 Å². The molecule has 0 radical (unpaired) electrons. The summed E-state index contributed by atoms with van der Waals surface area (Å²) in [6.45, 7) is 11.1. The zero-order valence-corrected chi connectivity index (χ0v) is 19.5. The van der Waals surface area contributed by atoms with Gasteiger partial charge < -0.3 is 15.0 Å². The second kappa shape index (κ2) is 10.0. The summed E-state index contributed by atoms with van der Waals surface area (Å²) < 4.78 is 6.37. The molecule has 2 aliphatic rings. The van der Waals surface area contributed by atoms with Gasteiger partial charge in [0.2, 0.25) is 0 Å². The number of piperidine rings is 1. The molecule has 3 heteroatoms. The minimum absolute atomic E-state index is 0.142. The van der Waals surface area contributed by atoms with Gasteiger partial charge in [0.15, 0.2) is 0 Å². The van der Waals surface area contributed by atoms with E-state index in [0.29, 0.717) is 0 Å². The number of fused-ring (bicyclic) bond motifs is 2. The number of allylic oxidation sites excluding steroid dienone is 1. The number of nitrogens with one attached hydrogen (secondary N) is 1. The predicted octanol–water partition coefficient (Wildman–Crippen LogP) is 5.98. The third-order valence-corrected chi connectivity index (χ3v) is 7.37. The van der Waals surface area contributed by atoms with E-state index in [1.807, 2.05) is 0 Å². The molecule has 1 fully saturated rings. The first-order chi connectivity index (χ1) is 15.1. The Balaban J connectivity index is 1.31. The molecule has 1 unspecified atom stereocenters. The van der Waals surface area contributed by atoms with Crippen molar-refractivity contribution in [2.24, 2.45) is 0 Å². The van der Waals surface area contributed by atoms with Crippen molar-refractivity contribution < 1.29 is 4.74 Å². The van der Waals surface area contributed by atoms with Crippen LogP contribution in [-0.2, 0) is 16.7 Å². The van der Waals surface area contributed by atoms with Gasteiger partial charge in [-0.25, -0.2) is 0 Å². The average molecular weight is 419 g/mol. The van der Waals surface area contributed by atoms with Crippen LogP contribution in [0.1, 0.15) is 69.2 Å². The maximum atomic E-state index is 6.37. The lowest BCUT2D eigenvalue weighted by atomic mass is 9.76. The maximum absolute atomic E-state index is 6.37. The molecule has 1 atom stereocenters. The summed E-state index contributed by atoms with van der Waals surface area (Å²) >= 11 is 0. The van der Waals surface area contributed by atoms with Crippen molar-refractivity contribution in [1.29, 1.82) is 0 Å². The Labute approximate surface area is 188 Å². The van der Waals surface area contributed by atoms with Gasteiger partial charge in [-0.15, -0.1) is 0 Å². The van der Waals surface area contributed by atoms with Crippen LogP contribution in [0.2, 0.25) is 0 Å². The Bertz CT molecular complexity index is 881. The SMILES string of the molecule is CCC(O/C(C)=C(/C)CCN1CCC2(CC1)NCCc1ccccc12)c1ccccc1. The fraction of sp³-hybridized carbons (Fsp3) is 0.500. The number of likely N-dealkylation sites (tertiary alicyclic amines) is 1. The van der Waals surface area contributed by atoms with Gasteiger partial charge in [0.1, 0.15) is 6.10 Å². The molecule has 166 valence electrons. The van der Waals surface area contributed by atoms with Gasteiger partial charge in [0.05, 0.1) is 5.76 Å². The maximum Gasteiger partial charge on any atom is 0.123 e. The Morgan fingerprint density at radius 2 is 1.74 bits per heavy atom. The fourth-order valence-corrected chi connectivity index (χ4v) is 5.21. The van der Waals surface area contributed by atoms with Gasteiger partial charge in [-0.1, -0.05) is 61.5 Å². The van der Waals surface area contributed by atoms with Crippen molar-refractivity contribution in [2.45, 2.75) is 64.5 Å². The Morgan fingerprint density at radius 1 is 1.03 bits per heavy atom. The molecule has 1 saturated heterocycles. The zero-order chi connectivity index (χ0) is 21.7. The highest BCUT2D eigenvalue weighted by Crippen LogP contribution is 2.37. The first-order valence-electron chi connectivity index (χ1n) is 12.0. The van der Waals surface area contributed by atoms with Gasteiger partial charge >= 0.3 is 0 Å². The third-order valence-electron chi connectivity index (χ3n) is 7.37. The number of hydrogen-bond donors (Lipinski definition) is 1. The molecule has 3 nitrogen and oxygen atoms in total. The fourth-order valence-electron chi connectivity index (χ4n) is 5.21. The standard InChI is InChI=1S/C28H38N2O/c1-4-27(25-11-6-5-7-12-25)31-23(3)22(2)15-19-30-20-16-28(17-21-30)26-13-9-8-10-24(26)14-18-29-28/h5-13,27,29H,4,14-21H2,1-3H3/b23-22-. The smallest absolute Gasteiger partial charge is 0.123 e. The minimum Gasteiger partial charge on any atom is -0.490 e. The molecule has 0 aliphatic carbocycles.